The SMILES string of the molecule is CCOC(=O)C1=C(C)N=c2s/c(=C\c3cc(Br)cc(Cl)c3O)c(=O)n2[C@@H]1c1ccc(OC)cc1OC. The van der Waals surface area contributed by atoms with Gasteiger partial charge in [0.1, 0.15) is 23.3 Å². The van der Waals surface area contributed by atoms with E-state index in [0.29, 0.717) is 42.1 Å². The lowest BCUT2D eigenvalue weighted by Crippen LogP contribution is -2.40. The fourth-order valence-corrected chi connectivity index (χ4v) is 5.84. The molecule has 0 aliphatic carbocycles. The fourth-order valence-electron chi connectivity index (χ4n) is 3.97. The number of phenols is 1. The van der Waals surface area contributed by atoms with Crippen molar-refractivity contribution in [2.24, 2.45) is 4.99 Å². The molecule has 2 aromatic carbocycles. The second kappa shape index (κ2) is 10.5. The van der Waals surface area contributed by atoms with E-state index in [1.807, 2.05) is 0 Å². The van der Waals surface area contributed by atoms with Gasteiger partial charge in [0.25, 0.3) is 5.56 Å². The summed E-state index contributed by atoms with van der Waals surface area (Å²) < 4.78 is 18.6. The zero-order valence-electron chi connectivity index (χ0n) is 19.8. The molecule has 8 nitrogen and oxygen atoms in total. The van der Waals surface area contributed by atoms with Crippen LogP contribution in [0.1, 0.15) is 31.0 Å². The number of carbonyl (C=O) groups excluding carboxylic acids is 1. The van der Waals surface area contributed by atoms with Crippen molar-refractivity contribution in [2.45, 2.75) is 19.9 Å². The molecule has 0 saturated carbocycles. The topological polar surface area (TPSA) is 99.4 Å². The highest BCUT2D eigenvalue weighted by Crippen LogP contribution is 2.38. The molecule has 0 radical (unpaired) electrons. The molecule has 0 bridgehead atoms. The second-order valence-corrected chi connectivity index (χ2v) is 10.1. The Kier molecular flexibility index (Phi) is 7.58. The Balaban J connectivity index is 2.02. The van der Waals surface area contributed by atoms with Gasteiger partial charge in [-0.15, -0.1) is 0 Å². The number of fused-ring (bicyclic) bond motifs is 1. The van der Waals surface area contributed by atoms with Crippen molar-refractivity contribution in [3.63, 3.8) is 0 Å². The number of hydrogen-bond acceptors (Lipinski definition) is 8. The van der Waals surface area contributed by atoms with Gasteiger partial charge in [0.15, 0.2) is 4.80 Å². The summed E-state index contributed by atoms with van der Waals surface area (Å²) >= 11 is 10.6. The van der Waals surface area contributed by atoms with E-state index in [0.717, 1.165) is 11.3 Å². The number of hydrogen-bond donors (Lipinski definition) is 1. The molecular weight excluding hydrogens is 572 g/mol. The quantitative estimate of drug-likeness (QED) is 0.435. The lowest BCUT2D eigenvalue weighted by atomic mass is 9.95. The van der Waals surface area contributed by atoms with Crippen molar-refractivity contribution in [2.75, 3.05) is 20.8 Å². The number of aromatic hydroxyl groups is 1. The number of rotatable bonds is 6. The van der Waals surface area contributed by atoms with Crippen LogP contribution in [0.25, 0.3) is 6.08 Å². The summed E-state index contributed by atoms with van der Waals surface area (Å²) in [5.41, 5.74) is 1.19. The highest BCUT2D eigenvalue weighted by molar-refractivity contribution is 9.10. The molecule has 11 heteroatoms. The van der Waals surface area contributed by atoms with Gasteiger partial charge >= 0.3 is 5.97 Å². The number of allylic oxidation sites excluding steroid dienone is 1. The summed E-state index contributed by atoms with van der Waals surface area (Å²) in [5, 5.41) is 10.6. The molecule has 4 rings (SSSR count). The van der Waals surface area contributed by atoms with Gasteiger partial charge in [-0.2, -0.15) is 0 Å². The van der Waals surface area contributed by atoms with Crippen LogP contribution in [0.2, 0.25) is 5.02 Å². The van der Waals surface area contributed by atoms with Gasteiger partial charge in [-0.25, -0.2) is 9.79 Å². The zero-order chi connectivity index (χ0) is 26.1. The first kappa shape index (κ1) is 26.0. The number of nitrogens with zero attached hydrogens (tertiary/aromatic N) is 2. The Morgan fingerprint density at radius 2 is 2.03 bits per heavy atom. The summed E-state index contributed by atoms with van der Waals surface area (Å²) in [4.78, 5) is 31.8. The van der Waals surface area contributed by atoms with Crippen LogP contribution < -0.4 is 24.4 Å². The zero-order valence-corrected chi connectivity index (χ0v) is 23.0. The summed E-state index contributed by atoms with van der Waals surface area (Å²) in [6.45, 7) is 3.57. The normalized spacial score (nSPS) is 15.4. The molecule has 0 saturated heterocycles. The van der Waals surface area contributed by atoms with Crippen LogP contribution in [0.15, 0.2) is 55.9 Å². The fraction of sp³-hybridized carbons (Fsp3) is 0.240. The number of phenolic OH excluding ortho intramolecular Hbond substituents is 1. The minimum atomic E-state index is -0.858. The van der Waals surface area contributed by atoms with Gasteiger partial charge in [0.05, 0.1) is 41.7 Å². The van der Waals surface area contributed by atoms with Crippen LogP contribution in [0.3, 0.4) is 0 Å². The highest BCUT2D eigenvalue weighted by atomic mass is 79.9. The molecule has 1 aliphatic rings. The molecule has 0 amide bonds. The van der Waals surface area contributed by atoms with Gasteiger partial charge in [-0.05, 0) is 44.2 Å². The van der Waals surface area contributed by atoms with Crippen molar-refractivity contribution in [1.29, 1.82) is 0 Å². The number of benzene rings is 2. The summed E-state index contributed by atoms with van der Waals surface area (Å²) in [6.07, 6.45) is 1.54. The van der Waals surface area contributed by atoms with Crippen molar-refractivity contribution in [3.8, 4) is 17.2 Å². The van der Waals surface area contributed by atoms with Gasteiger partial charge < -0.3 is 19.3 Å². The van der Waals surface area contributed by atoms with Crippen LogP contribution in [-0.2, 0) is 9.53 Å². The minimum Gasteiger partial charge on any atom is -0.506 e. The lowest BCUT2D eigenvalue weighted by molar-refractivity contribution is -0.139. The van der Waals surface area contributed by atoms with E-state index < -0.39 is 17.6 Å². The van der Waals surface area contributed by atoms with Crippen molar-refractivity contribution >= 4 is 50.9 Å². The first-order valence-electron chi connectivity index (χ1n) is 10.8. The molecule has 0 spiro atoms. The third-order valence-corrected chi connectivity index (χ3v) is 7.33. The van der Waals surface area contributed by atoms with E-state index in [-0.39, 0.29) is 23.0 Å². The van der Waals surface area contributed by atoms with E-state index in [4.69, 9.17) is 25.8 Å². The standard InChI is InChI=1S/C25H22BrClN2O6S/c1-5-35-24(32)20-12(2)28-25-29(21(20)16-7-6-15(33-3)11-18(16)34-4)23(31)19(36-25)9-13-8-14(26)10-17(27)22(13)30/h6-11,21,30H,5H2,1-4H3/b19-9-/t21-/m1/s1. The average Bonchev–Trinajstić information content (AvgIpc) is 3.15. The number of halogens is 2. The number of esters is 1. The molecule has 0 fully saturated rings. The molecule has 1 N–H and O–H groups in total. The highest BCUT2D eigenvalue weighted by Gasteiger charge is 2.35. The van der Waals surface area contributed by atoms with Gasteiger partial charge in [0, 0.05) is 21.7 Å². The maximum absolute atomic E-state index is 13.8. The summed E-state index contributed by atoms with van der Waals surface area (Å²) in [6, 6.07) is 7.51. The third kappa shape index (κ3) is 4.68. The van der Waals surface area contributed by atoms with E-state index in [1.165, 1.54) is 18.8 Å². The molecule has 188 valence electrons. The van der Waals surface area contributed by atoms with Crippen molar-refractivity contribution in [1.82, 2.24) is 4.57 Å². The van der Waals surface area contributed by atoms with Gasteiger partial charge in [-0.1, -0.05) is 38.9 Å². The smallest absolute Gasteiger partial charge is 0.338 e. The molecule has 3 aromatic rings. The number of thiazole rings is 1. The number of ether oxygens (including phenoxy) is 3. The Morgan fingerprint density at radius 3 is 2.69 bits per heavy atom. The van der Waals surface area contributed by atoms with Crippen LogP contribution in [0, 0.1) is 0 Å². The first-order chi connectivity index (χ1) is 17.2. The Morgan fingerprint density at radius 1 is 1.28 bits per heavy atom. The predicted octanol–water partition coefficient (Wildman–Crippen LogP) is 3.94. The summed E-state index contributed by atoms with van der Waals surface area (Å²) in [5.74, 6) is 0.264. The largest absolute Gasteiger partial charge is 0.506 e. The number of carbonyl (C=O) groups is 1. The second-order valence-electron chi connectivity index (χ2n) is 7.74. The van der Waals surface area contributed by atoms with Crippen molar-refractivity contribution in [3.05, 3.63) is 81.9 Å². The molecule has 2 heterocycles. The van der Waals surface area contributed by atoms with E-state index in [9.17, 15) is 14.7 Å². The molecule has 1 atom stereocenters. The Labute approximate surface area is 223 Å². The van der Waals surface area contributed by atoms with Crippen molar-refractivity contribution < 1.29 is 24.1 Å². The van der Waals surface area contributed by atoms with Gasteiger partial charge in [0.2, 0.25) is 0 Å². The van der Waals surface area contributed by atoms with Crippen LogP contribution in [0.4, 0.5) is 0 Å². The van der Waals surface area contributed by atoms with Gasteiger partial charge in [-0.3, -0.25) is 9.36 Å². The number of aromatic nitrogens is 1. The lowest BCUT2D eigenvalue weighted by Gasteiger charge is -2.26. The monoisotopic (exact) mass is 592 g/mol. The number of methoxy groups -OCH3 is 2. The maximum atomic E-state index is 13.8. The predicted molar refractivity (Wildman–Crippen MR) is 141 cm³/mol. The van der Waals surface area contributed by atoms with E-state index in [2.05, 4.69) is 20.9 Å². The average molecular weight is 594 g/mol. The molecule has 1 aromatic heterocycles. The molecular formula is C25H22BrClN2O6S. The molecule has 0 unspecified atom stereocenters. The molecule has 1 aliphatic heterocycles. The Bertz CT molecular complexity index is 1580. The Hall–Kier alpha value is -3.08. The maximum Gasteiger partial charge on any atom is 0.338 e. The van der Waals surface area contributed by atoms with E-state index in [1.54, 1.807) is 50.3 Å². The third-order valence-electron chi connectivity index (χ3n) is 5.60. The van der Waals surface area contributed by atoms with E-state index >= 15 is 0 Å². The summed E-state index contributed by atoms with van der Waals surface area (Å²) in [7, 11) is 3.04. The van der Waals surface area contributed by atoms with Crippen LogP contribution >= 0.6 is 38.9 Å². The molecule has 36 heavy (non-hydrogen) atoms. The van der Waals surface area contributed by atoms with Crippen LogP contribution in [0.5, 0.6) is 17.2 Å². The minimum absolute atomic E-state index is 0.143. The first-order valence-corrected chi connectivity index (χ1v) is 12.8. The van der Waals surface area contributed by atoms with Crippen LogP contribution in [-0.4, -0.2) is 36.5 Å².